The maximum atomic E-state index is 13.2. The van der Waals surface area contributed by atoms with Crippen LogP contribution in [0.3, 0.4) is 0 Å². The van der Waals surface area contributed by atoms with Gasteiger partial charge in [0.15, 0.2) is 5.78 Å². The van der Waals surface area contributed by atoms with E-state index in [1.54, 1.807) is 60.9 Å². The third-order valence-corrected chi connectivity index (χ3v) is 5.36. The molecule has 1 saturated heterocycles. The zero-order valence-electron chi connectivity index (χ0n) is 15.8. The molecule has 5 nitrogen and oxygen atoms in total. The van der Waals surface area contributed by atoms with Crippen molar-refractivity contribution in [3.63, 3.8) is 0 Å². The zero-order chi connectivity index (χ0) is 20.2. The van der Waals surface area contributed by atoms with Crippen molar-refractivity contribution in [3.05, 3.63) is 94.8 Å². The molecule has 1 fully saturated rings. The van der Waals surface area contributed by atoms with Crippen LogP contribution in [0.2, 0.25) is 5.02 Å². The van der Waals surface area contributed by atoms with E-state index in [0.717, 1.165) is 18.8 Å². The monoisotopic (exact) mass is 405 g/mol. The summed E-state index contributed by atoms with van der Waals surface area (Å²) in [7, 11) is 0. The number of benzene rings is 2. The summed E-state index contributed by atoms with van der Waals surface area (Å²) < 4.78 is 0. The second kappa shape index (κ2) is 8.45. The van der Waals surface area contributed by atoms with Crippen LogP contribution in [0, 0.1) is 0 Å². The Morgan fingerprint density at radius 1 is 0.793 bits per heavy atom. The number of ketones is 1. The van der Waals surface area contributed by atoms with E-state index in [9.17, 15) is 9.59 Å². The van der Waals surface area contributed by atoms with Gasteiger partial charge in [0.25, 0.3) is 5.91 Å². The minimum Gasteiger partial charge on any atom is -0.368 e. The molecule has 6 heteroatoms. The number of amides is 1. The van der Waals surface area contributed by atoms with Crippen LogP contribution >= 0.6 is 11.6 Å². The van der Waals surface area contributed by atoms with Crippen molar-refractivity contribution >= 4 is 29.0 Å². The third-order valence-electron chi connectivity index (χ3n) is 5.10. The minimum atomic E-state index is -0.180. The first kappa shape index (κ1) is 19.2. The lowest BCUT2D eigenvalue weighted by Gasteiger charge is -2.36. The molecule has 1 aliphatic rings. The Labute approximate surface area is 174 Å². The minimum absolute atomic E-state index is 0.114. The summed E-state index contributed by atoms with van der Waals surface area (Å²) >= 11 is 5.92. The lowest BCUT2D eigenvalue weighted by molar-refractivity contribution is 0.0742. The largest absolute Gasteiger partial charge is 0.368 e. The molecule has 146 valence electrons. The van der Waals surface area contributed by atoms with Crippen LogP contribution in [-0.4, -0.2) is 47.8 Å². The Kier molecular flexibility index (Phi) is 5.58. The Balaban J connectivity index is 1.51. The molecule has 3 aromatic rings. The number of nitrogens with zero attached hydrogens (tertiary/aromatic N) is 3. The molecule has 1 amide bonds. The summed E-state index contributed by atoms with van der Waals surface area (Å²) in [5, 5.41) is 0.568. The fraction of sp³-hybridized carbons (Fsp3) is 0.174. The lowest BCUT2D eigenvalue weighted by Crippen LogP contribution is -2.49. The number of rotatable bonds is 4. The van der Waals surface area contributed by atoms with E-state index in [2.05, 4.69) is 9.88 Å². The second-order valence-electron chi connectivity index (χ2n) is 6.87. The summed E-state index contributed by atoms with van der Waals surface area (Å²) in [6.45, 7) is 2.68. The fourth-order valence-electron chi connectivity index (χ4n) is 3.52. The highest BCUT2D eigenvalue weighted by atomic mass is 35.5. The van der Waals surface area contributed by atoms with E-state index in [0.29, 0.717) is 34.8 Å². The van der Waals surface area contributed by atoms with E-state index in [1.807, 2.05) is 17.0 Å². The molecule has 0 N–H and O–H groups in total. The van der Waals surface area contributed by atoms with Crippen molar-refractivity contribution in [2.24, 2.45) is 0 Å². The molecule has 0 radical (unpaired) electrons. The zero-order valence-corrected chi connectivity index (χ0v) is 16.5. The summed E-state index contributed by atoms with van der Waals surface area (Å²) in [5.74, 6) is -0.293. The van der Waals surface area contributed by atoms with Crippen LogP contribution in [0.5, 0.6) is 0 Å². The second-order valence-corrected chi connectivity index (χ2v) is 7.30. The van der Waals surface area contributed by atoms with Gasteiger partial charge in [-0.05, 0) is 42.5 Å². The number of pyridine rings is 1. The summed E-state index contributed by atoms with van der Waals surface area (Å²) in [4.78, 5) is 34.2. The topological polar surface area (TPSA) is 53.5 Å². The SMILES string of the molecule is O=C(c1ccc(Cl)cc1)c1ccccc1C(=O)N1CCN(c2ccncc2)CC1. The van der Waals surface area contributed by atoms with Crippen LogP contribution in [0.4, 0.5) is 5.69 Å². The summed E-state index contributed by atoms with van der Waals surface area (Å²) in [6, 6.07) is 17.7. The van der Waals surface area contributed by atoms with Crippen molar-refractivity contribution in [2.45, 2.75) is 0 Å². The number of hydrogen-bond acceptors (Lipinski definition) is 4. The lowest BCUT2D eigenvalue weighted by atomic mass is 9.97. The number of aromatic nitrogens is 1. The van der Waals surface area contributed by atoms with Crippen LogP contribution in [0.15, 0.2) is 73.1 Å². The molecule has 0 atom stereocenters. The van der Waals surface area contributed by atoms with Gasteiger partial charge in [-0.3, -0.25) is 14.6 Å². The maximum Gasteiger partial charge on any atom is 0.254 e. The smallest absolute Gasteiger partial charge is 0.254 e. The molecule has 1 aromatic heterocycles. The molecule has 0 bridgehead atoms. The fourth-order valence-corrected chi connectivity index (χ4v) is 3.64. The van der Waals surface area contributed by atoms with Crippen molar-refractivity contribution < 1.29 is 9.59 Å². The summed E-state index contributed by atoms with van der Waals surface area (Å²) in [5.41, 5.74) is 2.46. The van der Waals surface area contributed by atoms with Crippen LogP contribution < -0.4 is 4.90 Å². The maximum absolute atomic E-state index is 13.2. The highest BCUT2D eigenvalue weighted by Gasteiger charge is 2.25. The highest BCUT2D eigenvalue weighted by Crippen LogP contribution is 2.20. The predicted octanol–water partition coefficient (Wildman–Crippen LogP) is 3.93. The van der Waals surface area contributed by atoms with E-state index in [-0.39, 0.29) is 11.7 Å². The first-order chi connectivity index (χ1) is 14.1. The van der Waals surface area contributed by atoms with E-state index in [4.69, 9.17) is 11.6 Å². The Morgan fingerprint density at radius 3 is 2.07 bits per heavy atom. The van der Waals surface area contributed by atoms with Gasteiger partial charge >= 0.3 is 0 Å². The van der Waals surface area contributed by atoms with Gasteiger partial charge in [0, 0.05) is 60.4 Å². The van der Waals surface area contributed by atoms with Crippen molar-refractivity contribution in [2.75, 3.05) is 31.1 Å². The van der Waals surface area contributed by atoms with Gasteiger partial charge < -0.3 is 9.80 Å². The highest BCUT2D eigenvalue weighted by molar-refractivity contribution is 6.30. The summed E-state index contributed by atoms with van der Waals surface area (Å²) in [6.07, 6.45) is 3.54. The molecule has 0 spiro atoms. The van der Waals surface area contributed by atoms with E-state index in [1.165, 1.54) is 0 Å². The van der Waals surface area contributed by atoms with Gasteiger partial charge in [-0.25, -0.2) is 0 Å². The number of anilines is 1. The Bertz CT molecular complexity index is 1010. The Morgan fingerprint density at radius 2 is 1.41 bits per heavy atom. The number of hydrogen-bond donors (Lipinski definition) is 0. The molecule has 0 unspecified atom stereocenters. The number of piperazine rings is 1. The van der Waals surface area contributed by atoms with Gasteiger partial charge in [0.2, 0.25) is 0 Å². The molecule has 4 rings (SSSR count). The molecule has 0 saturated carbocycles. The van der Waals surface area contributed by atoms with Crippen molar-refractivity contribution in [1.29, 1.82) is 0 Å². The van der Waals surface area contributed by atoms with Gasteiger partial charge in [-0.15, -0.1) is 0 Å². The number of carbonyl (C=O) groups is 2. The average molecular weight is 406 g/mol. The van der Waals surface area contributed by atoms with Crippen LogP contribution in [0.25, 0.3) is 0 Å². The van der Waals surface area contributed by atoms with E-state index < -0.39 is 0 Å². The van der Waals surface area contributed by atoms with Crippen molar-refractivity contribution in [3.8, 4) is 0 Å². The molecule has 29 heavy (non-hydrogen) atoms. The standard InChI is InChI=1S/C23H20ClN3O2/c24-18-7-5-17(6-8-18)22(28)20-3-1-2-4-21(20)23(29)27-15-13-26(14-16-27)19-9-11-25-12-10-19/h1-12H,13-16H2. The van der Waals surface area contributed by atoms with E-state index >= 15 is 0 Å². The molecular formula is C23H20ClN3O2. The number of halogens is 1. The van der Waals surface area contributed by atoms with Gasteiger partial charge in [0.05, 0.1) is 5.56 Å². The first-order valence-electron chi connectivity index (χ1n) is 9.47. The molecule has 1 aliphatic heterocycles. The normalized spacial score (nSPS) is 14.0. The molecule has 2 aromatic carbocycles. The van der Waals surface area contributed by atoms with Gasteiger partial charge in [-0.1, -0.05) is 29.8 Å². The quantitative estimate of drug-likeness (QED) is 0.617. The third kappa shape index (κ3) is 4.15. The molecule has 2 heterocycles. The first-order valence-corrected chi connectivity index (χ1v) is 9.85. The van der Waals surface area contributed by atoms with Crippen LogP contribution in [0.1, 0.15) is 26.3 Å². The van der Waals surface area contributed by atoms with Gasteiger partial charge in [-0.2, -0.15) is 0 Å². The average Bonchev–Trinajstić information content (AvgIpc) is 2.79. The number of carbonyl (C=O) groups excluding carboxylic acids is 2. The van der Waals surface area contributed by atoms with Crippen molar-refractivity contribution in [1.82, 2.24) is 9.88 Å². The molecular weight excluding hydrogens is 386 g/mol. The molecule has 0 aliphatic carbocycles. The Hall–Kier alpha value is -3.18. The van der Waals surface area contributed by atoms with Crippen LogP contribution in [-0.2, 0) is 0 Å². The van der Waals surface area contributed by atoms with Gasteiger partial charge in [0.1, 0.15) is 0 Å². The predicted molar refractivity (Wildman–Crippen MR) is 114 cm³/mol.